The first kappa shape index (κ1) is 11.6. The van der Waals surface area contributed by atoms with Crippen molar-refractivity contribution in [3.63, 3.8) is 0 Å². The van der Waals surface area contributed by atoms with Gasteiger partial charge in [-0.05, 0) is 44.2 Å². The molecule has 1 fully saturated rings. The van der Waals surface area contributed by atoms with E-state index in [0.29, 0.717) is 12.0 Å². The molecule has 0 radical (unpaired) electrons. The van der Waals surface area contributed by atoms with E-state index in [1.807, 2.05) is 6.07 Å². The van der Waals surface area contributed by atoms with Gasteiger partial charge < -0.3 is 10.4 Å². The number of benzene rings is 1. The molecule has 88 valence electrons. The quantitative estimate of drug-likeness (QED) is 0.815. The Morgan fingerprint density at radius 3 is 2.69 bits per heavy atom. The van der Waals surface area contributed by atoms with E-state index < -0.39 is 0 Å². The van der Waals surface area contributed by atoms with Gasteiger partial charge in [-0.3, -0.25) is 0 Å². The molecule has 0 aliphatic heterocycles. The standard InChI is InChI=1S/C14H21NO/c1-11(13-5-3-2-4-6-13)15-10-12-7-8-14(16)9-12/h2-6,11-12,14-16H,7-10H2,1H3. The second kappa shape index (κ2) is 5.46. The summed E-state index contributed by atoms with van der Waals surface area (Å²) in [6, 6.07) is 10.9. The molecular weight excluding hydrogens is 198 g/mol. The van der Waals surface area contributed by atoms with Gasteiger partial charge in [0.25, 0.3) is 0 Å². The van der Waals surface area contributed by atoms with Crippen LogP contribution in [0.15, 0.2) is 30.3 Å². The van der Waals surface area contributed by atoms with E-state index in [2.05, 4.69) is 36.5 Å². The van der Waals surface area contributed by atoms with E-state index in [-0.39, 0.29) is 6.10 Å². The number of nitrogens with one attached hydrogen (secondary N) is 1. The summed E-state index contributed by atoms with van der Waals surface area (Å²) in [7, 11) is 0. The van der Waals surface area contributed by atoms with Crippen molar-refractivity contribution in [2.24, 2.45) is 5.92 Å². The van der Waals surface area contributed by atoms with Crippen molar-refractivity contribution >= 4 is 0 Å². The number of aliphatic hydroxyl groups is 1. The second-order valence-corrected chi connectivity index (χ2v) is 4.87. The molecule has 0 aromatic heterocycles. The Balaban J connectivity index is 1.78. The molecule has 1 aromatic rings. The molecule has 3 atom stereocenters. The Morgan fingerprint density at radius 1 is 1.31 bits per heavy atom. The van der Waals surface area contributed by atoms with E-state index in [1.54, 1.807) is 0 Å². The third-order valence-electron chi connectivity index (χ3n) is 3.53. The first-order valence-corrected chi connectivity index (χ1v) is 6.22. The fourth-order valence-corrected chi connectivity index (χ4v) is 2.44. The van der Waals surface area contributed by atoms with E-state index >= 15 is 0 Å². The zero-order valence-electron chi connectivity index (χ0n) is 9.89. The molecule has 1 aliphatic carbocycles. The van der Waals surface area contributed by atoms with E-state index in [0.717, 1.165) is 25.8 Å². The van der Waals surface area contributed by atoms with Crippen molar-refractivity contribution < 1.29 is 5.11 Å². The van der Waals surface area contributed by atoms with Gasteiger partial charge in [0, 0.05) is 6.04 Å². The van der Waals surface area contributed by atoms with Crippen LogP contribution >= 0.6 is 0 Å². The Kier molecular flexibility index (Phi) is 3.97. The molecule has 1 saturated carbocycles. The minimum Gasteiger partial charge on any atom is -0.393 e. The van der Waals surface area contributed by atoms with E-state index in [1.165, 1.54) is 5.56 Å². The van der Waals surface area contributed by atoms with Crippen LogP contribution in [0.25, 0.3) is 0 Å². The lowest BCUT2D eigenvalue weighted by molar-refractivity contribution is 0.177. The highest BCUT2D eigenvalue weighted by Gasteiger charge is 2.22. The summed E-state index contributed by atoms with van der Waals surface area (Å²) < 4.78 is 0. The van der Waals surface area contributed by atoms with Crippen molar-refractivity contribution in [3.8, 4) is 0 Å². The normalized spacial score (nSPS) is 26.9. The molecule has 2 heteroatoms. The molecule has 2 nitrogen and oxygen atoms in total. The van der Waals surface area contributed by atoms with Crippen LogP contribution in [0.3, 0.4) is 0 Å². The van der Waals surface area contributed by atoms with Gasteiger partial charge in [-0.1, -0.05) is 30.3 Å². The zero-order chi connectivity index (χ0) is 11.4. The fourth-order valence-electron chi connectivity index (χ4n) is 2.44. The van der Waals surface area contributed by atoms with Gasteiger partial charge in [0.2, 0.25) is 0 Å². The molecule has 0 spiro atoms. The summed E-state index contributed by atoms with van der Waals surface area (Å²) in [6.07, 6.45) is 3.05. The molecule has 16 heavy (non-hydrogen) atoms. The fraction of sp³-hybridized carbons (Fsp3) is 0.571. The first-order chi connectivity index (χ1) is 7.75. The lowest BCUT2D eigenvalue weighted by atomic mass is 10.1. The highest BCUT2D eigenvalue weighted by atomic mass is 16.3. The third kappa shape index (κ3) is 3.06. The van der Waals surface area contributed by atoms with Gasteiger partial charge in [-0.25, -0.2) is 0 Å². The molecular formula is C14H21NO. The summed E-state index contributed by atoms with van der Waals surface area (Å²) in [5.74, 6) is 0.654. The highest BCUT2D eigenvalue weighted by molar-refractivity contribution is 5.17. The lowest BCUT2D eigenvalue weighted by Crippen LogP contribution is -2.24. The summed E-state index contributed by atoms with van der Waals surface area (Å²) in [4.78, 5) is 0. The van der Waals surface area contributed by atoms with Crippen LogP contribution in [0.4, 0.5) is 0 Å². The van der Waals surface area contributed by atoms with Gasteiger partial charge in [0.1, 0.15) is 0 Å². The van der Waals surface area contributed by atoms with Crippen LogP contribution in [0.5, 0.6) is 0 Å². The topological polar surface area (TPSA) is 32.3 Å². The largest absolute Gasteiger partial charge is 0.393 e. The Labute approximate surface area is 97.7 Å². The molecule has 2 rings (SSSR count). The summed E-state index contributed by atoms with van der Waals surface area (Å²) in [5, 5.41) is 13.0. The van der Waals surface area contributed by atoms with Gasteiger partial charge in [-0.2, -0.15) is 0 Å². The monoisotopic (exact) mass is 219 g/mol. The summed E-state index contributed by atoms with van der Waals surface area (Å²) in [5.41, 5.74) is 1.33. The minimum absolute atomic E-state index is 0.0566. The number of hydrogen-bond acceptors (Lipinski definition) is 2. The molecule has 0 saturated heterocycles. The second-order valence-electron chi connectivity index (χ2n) is 4.87. The minimum atomic E-state index is -0.0566. The van der Waals surface area contributed by atoms with Crippen LogP contribution in [0.1, 0.15) is 37.8 Å². The van der Waals surface area contributed by atoms with Crippen LogP contribution in [0.2, 0.25) is 0 Å². The number of hydrogen-bond donors (Lipinski definition) is 2. The average molecular weight is 219 g/mol. The maximum atomic E-state index is 9.45. The van der Waals surface area contributed by atoms with Crippen LogP contribution in [-0.4, -0.2) is 17.8 Å². The molecule has 3 unspecified atom stereocenters. The Bertz CT molecular complexity index is 312. The maximum Gasteiger partial charge on any atom is 0.0543 e. The van der Waals surface area contributed by atoms with Gasteiger partial charge in [0.05, 0.1) is 6.10 Å². The van der Waals surface area contributed by atoms with Gasteiger partial charge >= 0.3 is 0 Å². The van der Waals surface area contributed by atoms with Crippen LogP contribution in [-0.2, 0) is 0 Å². The van der Waals surface area contributed by atoms with E-state index in [4.69, 9.17) is 0 Å². The smallest absolute Gasteiger partial charge is 0.0543 e. The zero-order valence-corrected chi connectivity index (χ0v) is 9.89. The van der Waals surface area contributed by atoms with Crippen molar-refractivity contribution in [1.29, 1.82) is 0 Å². The number of rotatable bonds is 4. The molecule has 1 aliphatic rings. The van der Waals surface area contributed by atoms with Crippen molar-refractivity contribution in [3.05, 3.63) is 35.9 Å². The molecule has 1 aromatic carbocycles. The molecule has 2 N–H and O–H groups in total. The average Bonchev–Trinajstić information content (AvgIpc) is 2.73. The van der Waals surface area contributed by atoms with Crippen LogP contribution < -0.4 is 5.32 Å². The number of aliphatic hydroxyl groups excluding tert-OH is 1. The first-order valence-electron chi connectivity index (χ1n) is 6.22. The molecule has 0 bridgehead atoms. The van der Waals surface area contributed by atoms with Crippen molar-refractivity contribution in [1.82, 2.24) is 5.32 Å². The van der Waals surface area contributed by atoms with E-state index in [9.17, 15) is 5.11 Å². The predicted molar refractivity (Wildman–Crippen MR) is 66.2 cm³/mol. The van der Waals surface area contributed by atoms with Gasteiger partial charge in [-0.15, -0.1) is 0 Å². The Hall–Kier alpha value is -0.860. The van der Waals surface area contributed by atoms with Gasteiger partial charge in [0.15, 0.2) is 0 Å². The SMILES string of the molecule is CC(NCC1CCC(O)C1)c1ccccc1. The maximum absolute atomic E-state index is 9.45. The predicted octanol–water partition coefficient (Wildman–Crippen LogP) is 2.50. The van der Waals surface area contributed by atoms with Crippen molar-refractivity contribution in [2.75, 3.05) is 6.54 Å². The lowest BCUT2D eigenvalue weighted by Gasteiger charge is -2.17. The Morgan fingerprint density at radius 2 is 2.06 bits per heavy atom. The van der Waals surface area contributed by atoms with Crippen molar-refractivity contribution in [2.45, 2.75) is 38.3 Å². The highest BCUT2D eigenvalue weighted by Crippen LogP contribution is 2.25. The molecule has 0 amide bonds. The third-order valence-corrected chi connectivity index (χ3v) is 3.53. The van der Waals surface area contributed by atoms with Crippen LogP contribution in [0, 0.1) is 5.92 Å². The summed E-state index contributed by atoms with van der Waals surface area (Å²) in [6.45, 7) is 3.22. The summed E-state index contributed by atoms with van der Waals surface area (Å²) >= 11 is 0. The molecule has 0 heterocycles.